The number of nitrogens with one attached hydrogen (secondary N) is 1. The van der Waals surface area contributed by atoms with Crippen LogP contribution in [0.25, 0.3) is 6.08 Å². The van der Waals surface area contributed by atoms with E-state index in [0.717, 1.165) is 11.1 Å². The molecule has 36 heavy (non-hydrogen) atoms. The molecule has 0 saturated carbocycles. The van der Waals surface area contributed by atoms with Crippen molar-refractivity contribution in [1.82, 2.24) is 0 Å². The first-order valence-electron chi connectivity index (χ1n) is 11.3. The van der Waals surface area contributed by atoms with Crippen LogP contribution < -0.4 is 14.8 Å². The Balaban J connectivity index is 1.32. The number of ether oxygens (including phenoxy) is 2. The summed E-state index contributed by atoms with van der Waals surface area (Å²) in [6, 6.07) is 31.9. The van der Waals surface area contributed by atoms with E-state index in [1.165, 1.54) is 18.2 Å². The largest absolute Gasteiger partial charge is 0.489 e. The first kappa shape index (κ1) is 24.2. The highest BCUT2D eigenvalue weighted by Crippen LogP contribution is 2.19. The zero-order chi connectivity index (χ0) is 25.2. The molecular weight excluding hydrogens is 455 g/mol. The van der Waals surface area contributed by atoms with Crippen LogP contribution in [0.1, 0.15) is 16.7 Å². The Kier molecular flexibility index (Phi) is 8.08. The summed E-state index contributed by atoms with van der Waals surface area (Å²) in [6.07, 6.45) is 1.50. The lowest BCUT2D eigenvalue weighted by atomic mass is 10.1. The fraction of sp³-hybridized carbons (Fsp3) is 0.0667. The van der Waals surface area contributed by atoms with E-state index in [9.17, 15) is 14.4 Å². The summed E-state index contributed by atoms with van der Waals surface area (Å²) in [5.41, 5.74) is 2.97. The van der Waals surface area contributed by atoms with Gasteiger partial charge < -0.3 is 14.8 Å². The molecule has 0 aromatic heterocycles. The van der Waals surface area contributed by atoms with Crippen LogP contribution in [-0.4, -0.2) is 5.91 Å². The van der Waals surface area contributed by atoms with Gasteiger partial charge in [-0.1, -0.05) is 54.6 Å². The number of carbonyl (C=O) groups excluding carboxylic acids is 1. The summed E-state index contributed by atoms with van der Waals surface area (Å²) in [4.78, 5) is 12.6. The monoisotopic (exact) mass is 478 g/mol. The third kappa shape index (κ3) is 7.05. The van der Waals surface area contributed by atoms with Crippen molar-refractivity contribution in [1.29, 1.82) is 5.26 Å². The smallest absolute Gasteiger partial charge is 0.266 e. The van der Waals surface area contributed by atoms with E-state index in [2.05, 4.69) is 5.32 Å². The van der Waals surface area contributed by atoms with Gasteiger partial charge >= 0.3 is 0 Å². The van der Waals surface area contributed by atoms with Crippen LogP contribution in [0.5, 0.6) is 11.5 Å². The molecule has 0 heterocycles. The lowest BCUT2D eigenvalue weighted by Gasteiger charge is -2.09. The Morgan fingerprint density at radius 3 is 2.06 bits per heavy atom. The summed E-state index contributed by atoms with van der Waals surface area (Å²) in [7, 11) is 0. The average Bonchev–Trinajstić information content (AvgIpc) is 2.91. The van der Waals surface area contributed by atoms with E-state index in [-0.39, 0.29) is 18.0 Å². The lowest BCUT2D eigenvalue weighted by Crippen LogP contribution is -2.13. The number of halogens is 1. The van der Waals surface area contributed by atoms with Crippen molar-refractivity contribution >= 4 is 17.7 Å². The maximum Gasteiger partial charge on any atom is 0.266 e. The highest BCUT2D eigenvalue weighted by molar-refractivity contribution is 6.09. The second-order valence-corrected chi connectivity index (χ2v) is 7.91. The standard InChI is InChI=1S/C30H23FN2O3/c31-26-8-4-7-24(18-26)21-36-28-13-9-22(10-14-28)17-25(19-32)30(34)33-27-11-15-29(16-12-27)35-20-23-5-2-1-3-6-23/h1-18H,20-21H2,(H,33,34)/b25-17+. The van der Waals surface area contributed by atoms with Gasteiger partial charge in [0.2, 0.25) is 0 Å². The predicted molar refractivity (Wildman–Crippen MR) is 137 cm³/mol. The number of carbonyl (C=O) groups is 1. The maximum absolute atomic E-state index is 13.3. The van der Waals surface area contributed by atoms with Gasteiger partial charge in [0, 0.05) is 5.69 Å². The normalized spacial score (nSPS) is 10.8. The van der Waals surface area contributed by atoms with Crippen LogP contribution in [0.2, 0.25) is 0 Å². The average molecular weight is 479 g/mol. The fourth-order valence-corrected chi connectivity index (χ4v) is 3.34. The molecule has 0 radical (unpaired) electrons. The number of nitriles is 1. The van der Waals surface area contributed by atoms with E-state index in [1.54, 1.807) is 60.7 Å². The van der Waals surface area contributed by atoms with Crippen LogP contribution >= 0.6 is 0 Å². The first-order chi connectivity index (χ1) is 17.6. The van der Waals surface area contributed by atoms with Gasteiger partial charge in [0.05, 0.1) is 0 Å². The molecule has 4 aromatic carbocycles. The van der Waals surface area contributed by atoms with Crippen LogP contribution in [0.3, 0.4) is 0 Å². The van der Waals surface area contributed by atoms with Crippen LogP contribution in [0.4, 0.5) is 10.1 Å². The Bertz CT molecular complexity index is 1380. The van der Waals surface area contributed by atoms with E-state index in [0.29, 0.717) is 29.4 Å². The van der Waals surface area contributed by atoms with Gasteiger partial charge in [0.25, 0.3) is 5.91 Å². The molecule has 5 nitrogen and oxygen atoms in total. The van der Waals surface area contributed by atoms with Crippen molar-refractivity contribution in [3.8, 4) is 17.6 Å². The third-order valence-corrected chi connectivity index (χ3v) is 5.21. The molecule has 0 aliphatic heterocycles. The highest BCUT2D eigenvalue weighted by atomic mass is 19.1. The first-order valence-corrected chi connectivity index (χ1v) is 11.3. The number of hydrogen-bond donors (Lipinski definition) is 1. The minimum atomic E-state index is -0.512. The molecule has 0 atom stereocenters. The number of rotatable bonds is 9. The molecule has 0 bridgehead atoms. The van der Waals surface area contributed by atoms with Crippen molar-refractivity contribution in [3.63, 3.8) is 0 Å². The van der Waals surface area contributed by atoms with Gasteiger partial charge in [0.1, 0.15) is 42.2 Å². The van der Waals surface area contributed by atoms with Crippen molar-refractivity contribution in [3.05, 3.63) is 131 Å². The zero-order valence-electron chi connectivity index (χ0n) is 19.4. The molecule has 0 aliphatic rings. The van der Waals surface area contributed by atoms with E-state index >= 15 is 0 Å². The van der Waals surface area contributed by atoms with Gasteiger partial charge in [0.15, 0.2) is 0 Å². The molecule has 0 unspecified atom stereocenters. The van der Waals surface area contributed by atoms with Crippen LogP contribution in [-0.2, 0) is 18.0 Å². The Morgan fingerprint density at radius 1 is 0.806 bits per heavy atom. The van der Waals surface area contributed by atoms with E-state index < -0.39 is 5.91 Å². The Hall–Kier alpha value is -4.89. The van der Waals surface area contributed by atoms with E-state index in [1.807, 2.05) is 36.4 Å². The lowest BCUT2D eigenvalue weighted by molar-refractivity contribution is -0.112. The number of nitrogens with zero attached hydrogens (tertiary/aromatic N) is 1. The topological polar surface area (TPSA) is 71.3 Å². The highest BCUT2D eigenvalue weighted by Gasteiger charge is 2.10. The number of benzene rings is 4. The van der Waals surface area contributed by atoms with Gasteiger partial charge in [-0.3, -0.25) is 4.79 Å². The molecule has 4 aromatic rings. The summed E-state index contributed by atoms with van der Waals surface area (Å²) in [6.45, 7) is 0.678. The van der Waals surface area contributed by atoms with Crippen molar-refractivity contribution in [2.75, 3.05) is 5.32 Å². The Morgan fingerprint density at radius 2 is 1.42 bits per heavy atom. The number of anilines is 1. The molecule has 178 valence electrons. The summed E-state index contributed by atoms with van der Waals surface area (Å²) < 4.78 is 24.7. The Labute approximate surface area is 209 Å². The summed E-state index contributed by atoms with van der Waals surface area (Å²) >= 11 is 0. The molecule has 0 spiro atoms. The number of amides is 1. The van der Waals surface area contributed by atoms with Gasteiger partial charge in [-0.05, 0) is 71.3 Å². The third-order valence-electron chi connectivity index (χ3n) is 5.21. The quantitative estimate of drug-likeness (QED) is 0.219. The van der Waals surface area contributed by atoms with Gasteiger partial charge in [-0.25, -0.2) is 4.39 Å². The van der Waals surface area contributed by atoms with Crippen molar-refractivity contribution < 1.29 is 18.7 Å². The maximum atomic E-state index is 13.3. The second-order valence-electron chi connectivity index (χ2n) is 7.91. The second kappa shape index (κ2) is 12.0. The molecule has 1 amide bonds. The minimum absolute atomic E-state index is 0.0344. The molecule has 4 rings (SSSR count). The molecule has 0 aliphatic carbocycles. The molecule has 0 fully saturated rings. The fourth-order valence-electron chi connectivity index (χ4n) is 3.34. The summed E-state index contributed by atoms with van der Waals surface area (Å²) in [5, 5.41) is 12.2. The van der Waals surface area contributed by atoms with Crippen LogP contribution in [0, 0.1) is 17.1 Å². The predicted octanol–water partition coefficient (Wildman–Crippen LogP) is 6.53. The van der Waals surface area contributed by atoms with Crippen molar-refractivity contribution in [2.24, 2.45) is 0 Å². The van der Waals surface area contributed by atoms with Gasteiger partial charge in [-0.15, -0.1) is 0 Å². The van der Waals surface area contributed by atoms with E-state index in [4.69, 9.17) is 9.47 Å². The molecular formula is C30H23FN2O3. The van der Waals surface area contributed by atoms with Crippen molar-refractivity contribution in [2.45, 2.75) is 13.2 Å². The van der Waals surface area contributed by atoms with Crippen LogP contribution in [0.15, 0.2) is 109 Å². The van der Waals surface area contributed by atoms with Gasteiger partial charge in [-0.2, -0.15) is 5.26 Å². The minimum Gasteiger partial charge on any atom is -0.489 e. The molecule has 1 N–H and O–H groups in total. The zero-order valence-corrected chi connectivity index (χ0v) is 19.4. The molecule has 6 heteroatoms. The molecule has 0 saturated heterocycles. The number of hydrogen-bond acceptors (Lipinski definition) is 4. The summed E-state index contributed by atoms with van der Waals surface area (Å²) in [5.74, 6) is 0.440. The SMILES string of the molecule is N#C/C(=C\c1ccc(OCc2cccc(F)c2)cc1)C(=O)Nc1ccc(OCc2ccccc2)cc1.